The molecule has 4 heteroatoms. The standard InChI is InChI=1S/C15H14BrNO2/c1-10-2-5-12(16)8-14(10)15(19)17-13-6-3-11(9-18)4-7-13/h2-8,18H,9H2,1H3,(H,17,19). The van der Waals surface area contributed by atoms with E-state index in [1.807, 2.05) is 19.1 Å². The molecule has 0 bridgehead atoms. The number of amides is 1. The Hall–Kier alpha value is -1.65. The second-order valence-electron chi connectivity index (χ2n) is 4.27. The average Bonchev–Trinajstić information content (AvgIpc) is 2.42. The maximum atomic E-state index is 12.2. The Labute approximate surface area is 120 Å². The highest BCUT2D eigenvalue weighted by molar-refractivity contribution is 9.10. The summed E-state index contributed by atoms with van der Waals surface area (Å²) >= 11 is 3.36. The van der Waals surface area contributed by atoms with Crippen molar-refractivity contribution in [3.8, 4) is 0 Å². The van der Waals surface area contributed by atoms with Crippen LogP contribution in [0.25, 0.3) is 0 Å². The van der Waals surface area contributed by atoms with Crippen molar-refractivity contribution in [3.05, 3.63) is 63.6 Å². The van der Waals surface area contributed by atoms with Gasteiger partial charge in [-0.3, -0.25) is 4.79 Å². The van der Waals surface area contributed by atoms with Crippen molar-refractivity contribution in [1.29, 1.82) is 0 Å². The summed E-state index contributed by atoms with van der Waals surface area (Å²) in [6, 6.07) is 12.7. The molecule has 19 heavy (non-hydrogen) atoms. The van der Waals surface area contributed by atoms with Crippen LogP contribution in [0, 0.1) is 6.92 Å². The Bertz CT molecular complexity index is 594. The number of aliphatic hydroxyl groups is 1. The zero-order chi connectivity index (χ0) is 13.8. The number of hydrogen-bond donors (Lipinski definition) is 2. The Kier molecular flexibility index (Phi) is 4.35. The number of carbonyl (C=O) groups excluding carboxylic acids is 1. The van der Waals surface area contributed by atoms with Gasteiger partial charge in [-0.05, 0) is 42.3 Å². The lowest BCUT2D eigenvalue weighted by molar-refractivity contribution is 0.102. The summed E-state index contributed by atoms with van der Waals surface area (Å²) in [6.45, 7) is 1.90. The van der Waals surface area contributed by atoms with Crippen molar-refractivity contribution in [1.82, 2.24) is 0 Å². The van der Waals surface area contributed by atoms with Gasteiger partial charge < -0.3 is 10.4 Å². The van der Waals surface area contributed by atoms with Gasteiger partial charge in [0.2, 0.25) is 0 Å². The van der Waals surface area contributed by atoms with Crippen LogP contribution in [0.3, 0.4) is 0 Å². The van der Waals surface area contributed by atoms with Gasteiger partial charge in [-0.25, -0.2) is 0 Å². The maximum Gasteiger partial charge on any atom is 0.255 e. The summed E-state index contributed by atoms with van der Waals surface area (Å²) in [6.07, 6.45) is 0. The third kappa shape index (κ3) is 3.43. The van der Waals surface area contributed by atoms with Gasteiger partial charge in [0.05, 0.1) is 6.61 Å². The van der Waals surface area contributed by atoms with Crippen LogP contribution in [0.5, 0.6) is 0 Å². The summed E-state index contributed by atoms with van der Waals surface area (Å²) < 4.78 is 0.874. The lowest BCUT2D eigenvalue weighted by Gasteiger charge is -2.08. The third-order valence-electron chi connectivity index (χ3n) is 2.84. The van der Waals surface area contributed by atoms with Crippen LogP contribution in [0.2, 0.25) is 0 Å². The van der Waals surface area contributed by atoms with Crippen LogP contribution in [-0.2, 0) is 6.61 Å². The molecule has 0 radical (unpaired) electrons. The van der Waals surface area contributed by atoms with E-state index in [9.17, 15) is 4.79 Å². The van der Waals surface area contributed by atoms with E-state index >= 15 is 0 Å². The van der Waals surface area contributed by atoms with Crippen molar-refractivity contribution < 1.29 is 9.90 Å². The van der Waals surface area contributed by atoms with E-state index in [0.29, 0.717) is 11.3 Å². The van der Waals surface area contributed by atoms with Crippen LogP contribution in [0.1, 0.15) is 21.5 Å². The Morgan fingerprint density at radius 3 is 2.53 bits per heavy atom. The monoisotopic (exact) mass is 319 g/mol. The highest BCUT2D eigenvalue weighted by Gasteiger charge is 2.09. The molecule has 0 aliphatic heterocycles. The summed E-state index contributed by atoms with van der Waals surface area (Å²) in [5.74, 6) is -0.143. The van der Waals surface area contributed by atoms with Gasteiger partial charge in [0, 0.05) is 15.7 Å². The number of halogens is 1. The largest absolute Gasteiger partial charge is 0.392 e. The second kappa shape index (κ2) is 5.99. The number of nitrogens with one attached hydrogen (secondary N) is 1. The average molecular weight is 320 g/mol. The molecule has 1 amide bonds. The van der Waals surface area contributed by atoms with Gasteiger partial charge in [-0.15, -0.1) is 0 Å². The van der Waals surface area contributed by atoms with Gasteiger partial charge in [0.25, 0.3) is 5.91 Å². The van der Waals surface area contributed by atoms with Gasteiger partial charge in [-0.2, -0.15) is 0 Å². The molecule has 3 nitrogen and oxygen atoms in total. The molecule has 0 heterocycles. The van der Waals surface area contributed by atoms with Crippen LogP contribution in [-0.4, -0.2) is 11.0 Å². The first-order valence-corrected chi connectivity index (χ1v) is 6.67. The number of aryl methyl sites for hydroxylation is 1. The molecule has 0 saturated carbocycles. The highest BCUT2D eigenvalue weighted by atomic mass is 79.9. The number of benzene rings is 2. The van der Waals surface area contributed by atoms with E-state index in [4.69, 9.17) is 5.11 Å². The second-order valence-corrected chi connectivity index (χ2v) is 5.18. The molecule has 0 aliphatic rings. The zero-order valence-electron chi connectivity index (χ0n) is 10.5. The number of anilines is 1. The molecule has 2 N–H and O–H groups in total. The van der Waals surface area contributed by atoms with E-state index in [1.54, 1.807) is 30.3 Å². The molecule has 0 fully saturated rings. The first-order chi connectivity index (χ1) is 9.10. The van der Waals surface area contributed by atoms with Gasteiger partial charge >= 0.3 is 0 Å². The Balaban J connectivity index is 2.18. The highest BCUT2D eigenvalue weighted by Crippen LogP contribution is 2.18. The summed E-state index contributed by atoms with van der Waals surface area (Å²) in [5.41, 5.74) is 3.09. The molecular weight excluding hydrogens is 306 g/mol. The molecule has 2 aromatic rings. The number of aliphatic hydroxyl groups excluding tert-OH is 1. The van der Waals surface area contributed by atoms with Crippen LogP contribution < -0.4 is 5.32 Å². The van der Waals surface area contributed by atoms with E-state index in [-0.39, 0.29) is 12.5 Å². The SMILES string of the molecule is Cc1ccc(Br)cc1C(=O)Nc1ccc(CO)cc1. The van der Waals surface area contributed by atoms with Crippen LogP contribution >= 0.6 is 15.9 Å². The maximum absolute atomic E-state index is 12.2. The molecule has 2 rings (SSSR count). The predicted molar refractivity (Wildman–Crippen MR) is 79.2 cm³/mol. The summed E-state index contributed by atoms with van der Waals surface area (Å²) in [4.78, 5) is 12.2. The van der Waals surface area contributed by atoms with E-state index < -0.39 is 0 Å². The quantitative estimate of drug-likeness (QED) is 0.909. The minimum atomic E-state index is -0.143. The zero-order valence-corrected chi connectivity index (χ0v) is 12.1. The summed E-state index contributed by atoms with van der Waals surface area (Å²) in [7, 11) is 0. The fraction of sp³-hybridized carbons (Fsp3) is 0.133. The van der Waals surface area contributed by atoms with Crippen molar-refractivity contribution in [2.45, 2.75) is 13.5 Å². The van der Waals surface area contributed by atoms with E-state index in [0.717, 1.165) is 15.6 Å². The van der Waals surface area contributed by atoms with Crippen molar-refractivity contribution in [2.24, 2.45) is 0 Å². The molecule has 0 aromatic heterocycles. The first-order valence-electron chi connectivity index (χ1n) is 5.87. The van der Waals surface area contributed by atoms with E-state index in [2.05, 4.69) is 21.2 Å². The molecule has 0 unspecified atom stereocenters. The molecular formula is C15H14BrNO2. The number of rotatable bonds is 3. The normalized spacial score (nSPS) is 10.3. The molecule has 0 spiro atoms. The third-order valence-corrected chi connectivity index (χ3v) is 3.33. The van der Waals surface area contributed by atoms with Crippen LogP contribution in [0.4, 0.5) is 5.69 Å². The Morgan fingerprint density at radius 2 is 1.89 bits per heavy atom. The lowest BCUT2D eigenvalue weighted by atomic mass is 10.1. The fourth-order valence-electron chi connectivity index (χ4n) is 1.73. The molecule has 98 valence electrons. The first kappa shape index (κ1) is 13.8. The van der Waals surface area contributed by atoms with Gasteiger partial charge in [0.15, 0.2) is 0 Å². The number of carbonyl (C=O) groups is 1. The Morgan fingerprint density at radius 1 is 1.21 bits per heavy atom. The van der Waals surface area contributed by atoms with Crippen molar-refractivity contribution >= 4 is 27.5 Å². The minimum Gasteiger partial charge on any atom is -0.392 e. The topological polar surface area (TPSA) is 49.3 Å². The minimum absolute atomic E-state index is 0.00103. The summed E-state index contributed by atoms with van der Waals surface area (Å²) in [5, 5.41) is 11.8. The van der Waals surface area contributed by atoms with Crippen molar-refractivity contribution in [2.75, 3.05) is 5.32 Å². The molecule has 0 atom stereocenters. The smallest absolute Gasteiger partial charge is 0.255 e. The number of hydrogen-bond acceptors (Lipinski definition) is 2. The van der Waals surface area contributed by atoms with Crippen molar-refractivity contribution in [3.63, 3.8) is 0 Å². The molecule has 0 saturated heterocycles. The van der Waals surface area contributed by atoms with Gasteiger partial charge in [0.1, 0.15) is 0 Å². The predicted octanol–water partition coefficient (Wildman–Crippen LogP) is 3.50. The van der Waals surface area contributed by atoms with Crippen LogP contribution in [0.15, 0.2) is 46.9 Å². The fourth-order valence-corrected chi connectivity index (χ4v) is 2.09. The molecule has 2 aromatic carbocycles. The molecule has 0 aliphatic carbocycles. The van der Waals surface area contributed by atoms with E-state index in [1.165, 1.54) is 0 Å². The lowest BCUT2D eigenvalue weighted by Crippen LogP contribution is -2.13. The van der Waals surface area contributed by atoms with Gasteiger partial charge in [-0.1, -0.05) is 34.1 Å².